The number of pyridine rings is 1. The number of nitrogens with zero attached hydrogens (tertiary/aromatic N) is 2. The van der Waals surface area contributed by atoms with Crippen LogP contribution in [0.4, 0.5) is 5.69 Å². The molecule has 0 fully saturated rings. The molecular weight excluding hydrogens is 234 g/mol. The van der Waals surface area contributed by atoms with E-state index >= 15 is 0 Å². The van der Waals surface area contributed by atoms with E-state index in [2.05, 4.69) is 4.98 Å². The second kappa shape index (κ2) is 4.64. The quantitative estimate of drug-likeness (QED) is 0.774. The number of hydrogen-bond acceptors (Lipinski definition) is 5. The molecule has 6 heteroatoms. The van der Waals surface area contributed by atoms with Crippen molar-refractivity contribution in [1.82, 2.24) is 4.98 Å². The predicted octanol–water partition coefficient (Wildman–Crippen LogP) is 0.214. The van der Waals surface area contributed by atoms with E-state index in [0.29, 0.717) is 18.2 Å². The molecule has 2 rings (SSSR count). The maximum absolute atomic E-state index is 12.1. The molecule has 6 nitrogen and oxygen atoms in total. The highest BCUT2D eigenvalue weighted by Gasteiger charge is 2.35. The number of aromatic nitrogens is 1. The Labute approximate surface area is 105 Å². The third-order valence-electron chi connectivity index (χ3n) is 2.90. The van der Waals surface area contributed by atoms with Gasteiger partial charge in [0.2, 0.25) is 11.8 Å². The Morgan fingerprint density at radius 3 is 2.94 bits per heavy atom. The summed E-state index contributed by atoms with van der Waals surface area (Å²) >= 11 is 0. The fourth-order valence-electron chi connectivity index (χ4n) is 1.99. The van der Waals surface area contributed by atoms with Gasteiger partial charge in [0.1, 0.15) is 11.6 Å². The highest BCUT2D eigenvalue weighted by molar-refractivity contribution is 6.13. The van der Waals surface area contributed by atoms with Gasteiger partial charge in [-0.25, -0.2) is 4.98 Å². The molecule has 1 atom stereocenters. The Balaban J connectivity index is 2.44. The van der Waals surface area contributed by atoms with Gasteiger partial charge in [-0.2, -0.15) is 0 Å². The zero-order valence-electron chi connectivity index (χ0n) is 10.3. The molecule has 0 radical (unpaired) electrons. The smallest absolute Gasteiger partial charge is 0.230 e. The van der Waals surface area contributed by atoms with Crippen LogP contribution in [-0.2, 0) is 4.79 Å². The predicted molar refractivity (Wildman–Crippen MR) is 65.7 cm³/mol. The average Bonchev–Trinajstić information content (AvgIpc) is 2.34. The molecule has 1 amide bonds. The van der Waals surface area contributed by atoms with Crippen molar-refractivity contribution in [2.45, 2.75) is 6.92 Å². The molecule has 2 heterocycles. The van der Waals surface area contributed by atoms with Gasteiger partial charge in [0.25, 0.3) is 0 Å². The first kappa shape index (κ1) is 12.3. The van der Waals surface area contributed by atoms with E-state index in [1.54, 1.807) is 24.1 Å². The minimum atomic E-state index is -0.841. The lowest BCUT2D eigenvalue weighted by Gasteiger charge is -2.30. The van der Waals surface area contributed by atoms with Gasteiger partial charge in [-0.05, 0) is 13.0 Å². The molecule has 1 aromatic rings. The van der Waals surface area contributed by atoms with Crippen molar-refractivity contribution in [2.75, 3.05) is 25.1 Å². The third-order valence-corrected chi connectivity index (χ3v) is 2.90. The summed E-state index contributed by atoms with van der Waals surface area (Å²) < 4.78 is 5.25. The molecule has 96 valence electrons. The number of hydrogen-bond donors (Lipinski definition) is 1. The molecule has 1 aliphatic heterocycles. The van der Waals surface area contributed by atoms with E-state index in [1.165, 1.54) is 0 Å². The van der Waals surface area contributed by atoms with Crippen molar-refractivity contribution >= 4 is 17.4 Å². The van der Waals surface area contributed by atoms with Gasteiger partial charge in [-0.3, -0.25) is 9.59 Å². The van der Waals surface area contributed by atoms with Gasteiger partial charge >= 0.3 is 0 Å². The lowest BCUT2D eigenvalue weighted by atomic mass is 9.94. The average molecular weight is 249 g/mol. The molecule has 1 unspecified atom stereocenters. The number of amides is 1. The molecule has 0 saturated carbocycles. The van der Waals surface area contributed by atoms with Crippen LogP contribution < -0.4 is 15.4 Å². The molecule has 1 aromatic heterocycles. The zero-order chi connectivity index (χ0) is 13.3. The van der Waals surface area contributed by atoms with Gasteiger partial charge in [-0.15, -0.1) is 0 Å². The maximum Gasteiger partial charge on any atom is 0.230 e. The molecule has 0 aliphatic carbocycles. The zero-order valence-corrected chi connectivity index (χ0v) is 10.3. The summed E-state index contributed by atoms with van der Waals surface area (Å²) in [6.45, 7) is 2.59. The van der Waals surface area contributed by atoms with Crippen molar-refractivity contribution < 1.29 is 14.3 Å². The Hall–Kier alpha value is -2.11. The second-order valence-electron chi connectivity index (χ2n) is 4.15. The maximum atomic E-state index is 12.1. The highest BCUT2D eigenvalue weighted by Crippen LogP contribution is 2.29. The van der Waals surface area contributed by atoms with Crippen LogP contribution in [0.5, 0.6) is 5.88 Å². The number of nitrogens with two attached hydrogens (primary N) is 1. The number of fused-ring (bicyclic) bond motifs is 1. The summed E-state index contributed by atoms with van der Waals surface area (Å²) in [5.41, 5.74) is 6.17. The lowest BCUT2D eigenvalue weighted by Crippen LogP contribution is -2.44. The Bertz CT molecular complexity index is 501. The fraction of sp³-hybridized carbons (Fsp3) is 0.417. The van der Waals surface area contributed by atoms with E-state index in [4.69, 9.17) is 10.5 Å². The minimum Gasteiger partial charge on any atom is -0.478 e. The SMILES string of the molecule is CCOc1ccc2c(n1)C(=O)C(C(N)=O)CN2C. The number of carbonyl (C=O) groups is 2. The van der Waals surface area contributed by atoms with Crippen LogP contribution in [0.25, 0.3) is 0 Å². The van der Waals surface area contributed by atoms with Crippen LogP contribution in [0.15, 0.2) is 12.1 Å². The van der Waals surface area contributed by atoms with Gasteiger partial charge < -0.3 is 15.4 Å². The monoisotopic (exact) mass is 249 g/mol. The summed E-state index contributed by atoms with van der Waals surface area (Å²) in [6.07, 6.45) is 0. The summed E-state index contributed by atoms with van der Waals surface area (Å²) in [6, 6.07) is 3.47. The summed E-state index contributed by atoms with van der Waals surface area (Å²) in [5, 5.41) is 0. The largest absolute Gasteiger partial charge is 0.478 e. The van der Waals surface area contributed by atoms with E-state index in [9.17, 15) is 9.59 Å². The van der Waals surface area contributed by atoms with Crippen LogP contribution >= 0.6 is 0 Å². The van der Waals surface area contributed by atoms with Crippen LogP contribution in [0.3, 0.4) is 0 Å². The van der Waals surface area contributed by atoms with Crippen LogP contribution in [-0.4, -0.2) is 36.9 Å². The van der Waals surface area contributed by atoms with Crippen molar-refractivity contribution in [2.24, 2.45) is 11.7 Å². The minimum absolute atomic E-state index is 0.249. The third kappa shape index (κ3) is 2.01. The molecule has 0 spiro atoms. The molecule has 2 N–H and O–H groups in total. The van der Waals surface area contributed by atoms with Crippen molar-refractivity contribution in [3.8, 4) is 5.88 Å². The van der Waals surface area contributed by atoms with Gasteiger partial charge in [-0.1, -0.05) is 0 Å². The highest BCUT2D eigenvalue weighted by atomic mass is 16.5. The number of rotatable bonds is 3. The van der Waals surface area contributed by atoms with E-state index in [-0.39, 0.29) is 18.0 Å². The molecule has 0 saturated heterocycles. The standard InChI is InChI=1S/C12H15N3O3/c1-3-18-9-5-4-8-10(14-9)11(16)7(12(13)17)6-15(8)2/h4-5,7H,3,6H2,1-2H3,(H2,13,17). The van der Waals surface area contributed by atoms with Gasteiger partial charge in [0, 0.05) is 19.7 Å². The first-order chi connectivity index (χ1) is 8.54. The summed E-state index contributed by atoms with van der Waals surface area (Å²) in [7, 11) is 1.79. The summed E-state index contributed by atoms with van der Waals surface area (Å²) in [4.78, 5) is 29.3. The number of anilines is 1. The molecule has 1 aliphatic rings. The van der Waals surface area contributed by atoms with Crippen molar-refractivity contribution in [3.63, 3.8) is 0 Å². The lowest BCUT2D eigenvalue weighted by molar-refractivity contribution is -0.120. The van der Waals surface area contributed by atoms with Gasteiger partial charge in [0.15, 0.2) is 5.78 Å². The number of Topliss-reactive ketones (excluding diaryl/α,β-unsaturated/α-hetero) is 1. The Kier molecular flexibility index (Phi) is 3.18. The molecule has 18 heavy (non-hydrogen) atoms. The second-order valence-corrected chi connectivity index (χ2v) is 4.15. The fourth-order valence-corrected chi connectivity index (χ4v) is 1.99. The number of ketones is 1. The Morgan fingerprint density at radius 1 is 1.61 bits per heavy atom. The van der Waals surface area contributed by atoms with Crippen LogP contribution in [0, 0.1) is 5.92 Å². The topological polar surface area (TPSA) is 85.5 Å². The van der Waals surface area contributed by atoms with E-state index in [0.717, 1.165) is 0 Å². The van der Waals surface area contributed by atoms with Crippen molar-refractivity contribution in [1.29, 1.82) is 0 Å². The van der Waals surface area contributed by atoms with Gasteiger partial charge in [0.05, 0.1) is 12.3 Å². The Morgan fingerprint density at radius 2 is 2.33 bits per heavy atom. The molecule has 0 bridgehead atoms. The molecular formula is C12H15N3O3. The number of carbonyl (C=O) groups excluding carboxylic acids is 2. The molecule has 0 aromatic carbocycles. The van der Waals surface area contributed by atoms with Crippen LogP contribution in [0.1, 0.15) is 17.4 Å². The van der Waals surface area contributed by atoms with Crippen molar-refractivity contribution in [3.05, 3.63) is 17.8 Å². The van der Waals surface area contributed by atoms with E-state index < -0.39 is 11.8 Å². The normalized spacial score (nSPS) is 18.4. The number of ether oxygens (including phenoxy) is 1. The number of primary amides is 1. The van der Waals surface area contributed by atoms with Crippen LogP contribution in [0.2, 0.25) is 0 Å². The first-order valence-corrected chi connectivity index (χ1v) is 5.73. The van der Waals surface area contributed by atoms with E-state index in [1.807, 2.05) is 6.92 Å². The summed E-state index contributed by atoms with van der Waals surface area (Å²) in [5.74, 6) is -1.42. The first-order valence-electron chi connectivity index (χ1n) is 5.73.